The molecule has 0 aliphatic carbocycles. The van der Waals surface area contributed by atoms with Crippen LogP contribution in [-0.4, -0.2) is 15.0 Å². The number of nitrogens with one attached hydrogen (secondary N) is 1. The van der Waals surface area contributed by atoms with E-state index in [4.69, 9.17) is 16.3 Å². The number of halogens is 1. The van der Waals surface area contributed by atoms with Gasteiger partial charge in [0.2, 0.25) is 0 Å². The molecule has 4 rings (SSSR count). The van der Waals surface area contributed by atoms with Crippen molar-refractivity contribution in [3.8, 4) is 5.75 Å². The smallest absolute Gasteiger partial charge is 0.166 e. The average Bonchev–Trinajstić information content (AvgIpc) is 3.09. The molecule has 4 nitrogen and oxygen atoms in total. The van der Waals surface area contributed by atoms with Crippen molar-refractivity contribution in [3.05, 3.63) is 82.6 Å². The molecule has 0 aliphatic heterocycles. The first-order valence-electron chi connectivity index (χ1n) is 8.58. The first-order chi connectivity index (χ1) is 13.2. The molecule has 0 bridgehead atoms. The van der Waals surface area contributed by atoms with Gasteiger partial charge in [-0.3, -0.25) is 4.98 Å². The van der Waals surface area contributed by atoms with Gasteiger partial charge in [-0.25, -0.2) is 4.98 Å². The Bertz CT molecular complexity index is 1070. The Hall–Kier alpha value is -2.50. The second-order valence-electron chi connectivity index (χ2n) is 6.21. The predicted octanol–water partition coefficient (Wildman–Crippen LogP) is 5.79. The molecule has 6 heteroatoms. The zero-order chi connectivity index (χ0) is 18.6. The van der Waals surface area contributed by atoms with Crippen LogP contribution in [0, 0.1) is 6.92 Å². The molecule has 1 N–H and O–H groups in total. The van der Waals surface area contributed by atoms with Gasteiger partial charge < -0.3 is 9.72 Å². The summed E-state index contributed by atoms with van der Waals surface area (Å²) in [6, 6.07) is 17.8. The molecule has 0 aliphatic rings. The van der Waals surface area contributed by atoms with Crippen molar-refractivity contribution in [3.63, 3.8) is 0 Å². The lowest BCUT2D eigenvalue weighted by Gasteiger charge is -2.10. The third-order valence-corrected chi connectivity index (χ3v) is 5.27. The van der Waals surface area contributed by atoms with Gasteiger partial charge in [0, 0.05) is 28.6 Å². The normalized spacial score (nSPS) is 11.0. The van der Waals surface area contributed by atoms with Crippen molar-refractivity contribution in [1.29, 1.82) is 0 Å². The van der Waals surface area contributed by atoms with Gasteiger partial charge in [-0.15, -0.1) is 0 Å². The number of hydrogen-bond acceptors (Lipinski definition) is 4. The van der Waals surface area contributed by atoms with E-state index < -0.39 is 0 Å². The maximum Gasteiger partial charge on any atom is 0.166 e. The van der Waals surface area contributed by atoms with Crippen molar-refractivity contribution < 1.29 is 4.74 Å². The number of benzene rings is 2. The summed E-state index contributed by atoms with van der Waals surface area (Å²) in [7, 11) is 0. The molecule has 0 amide bonds. The van der Waals surface area contributed by atoms with Gasteiger partial charge in [0.1, 0.15) is 12.4 Å². The van der Waals surface area contributed by atoms with Gasteiger partial charge in [-0.2, -0.15) is 0 Å². The molecule has 0 radical (unpaired) electrons. The summed E-state index contributed by atoms with van der Waals surface area (Å²) in [5.41, 5.74) is 4.97. The summed E-state index contributed by atoms with van der Waals surface area (Å²) >= 11 is 7.63. The van der Waals surface area contributed by atoms with E-state index in [1.165, 1.54) is 0 Å². The highest BCUT2D eigenvalue weighted by atomic mass is 35.5. The number of hydrogen-bond donors (Lipinski definition) is 1. The van der Waals surface area contributed by atoms with E-state index in [2.05, 4.69) is 27.1 Å². The lowest BCUT2D eigenvalue weighted by molar-refractivity contribution is 0.303. The Morgan fingerprint density at radius 3 is 2.81 bits per heavy atom. The second kappa shape index (κ2) is 8.03. The molecule has 136 valence electrons. The summed E-state index contributed by atoms with van der Waals surface area (Å²) < 4.78 is 5.99. The van der Waals surface area contributed by atoms with Crippen LogP contribution in [0.4, 0.5) is 0 Å². The highest BCUT2D eigenvalue weighted by molar-refractivity contribution is 7.98. The molecule has 27 heavy (non-hydrogen) atoms. The van der Waals surface area contributed by atoms with Crippen molar-refractivity contribution in [2.75, 3.05) is 0 Å². The molecule has 4 aromatic rings. The van der Waals surface area contributed by atoms with E-state index in [0.717, 1.165) is 38.8 Å². The minimum Gasteiger partial charge on any atom is -0.489 e. The van der Waals surface area contributed by atoms with E-state index >= 15 is 0 Å². The summed E-state index contributed by atoms with van der Waals surface area (Å²) in [5, 5.41) is 1.55. The summed E-state index contributed by atoms with van der Waals surface area (Å²) in [6.45, 7) is 2.55. The Kier molecular flexibility index (Phi) is 5.32. The minimum atomic E-state index is 0.544. The molecule has 0 saturated heterocycles. The second-order valence-corrected chi connectivity index (χ2v) is 7.61. The van der Waals surface area contributed by atoms with Crippen LogP contribution in [-0.2, 0) is 12.4 Å². The number of H-pyrrole nitrogens is 1. The van der Waals surface area contributed by atoms with Crippen LogP contribution >= 0.6 is 23.4 Å². The molecule has 0 atom stereocenters. The Labute approximate surface area is 167 Å². The number of pyridine rings is 1. The average molecular weight is 396 g/mol. The maximum absolute atomic E-state index is 6.03. The number of aromatic amines is 1. The summed E-state index contributed by atoms with van der Waals surface area (Å²) in [5.74, 6) is 1.57. The van der Waals surface area contributed by atoms with Crippen LogP contribution in [0.5, 0.6) is 5.75 Å². The highest BCUT2D eigenvalue weighted by Crippen LogP contribution is 2.26. The zero-order valence-corrected chi connectivity index (χ0v) is 16.3. The Morgan fingerprint density at radius 1 is 1.11 bits per heavy atom. The SMILES string of the molecule is Cc1cnc(CSc2nc3ccc(Cl)cc3[nH]2)cc1OCc1ccccc1. The van der Waals surface area contributed by atoms with Gasteiger partial charge in [-0.05, 0) is 30.7 Å². The van der Waals surface area contributed by atoms with Gasteiger partial charge in [0.15, 0.2) is 5.16 Å². The van der Waals surface area contributed by atoms with Gasteiger partial charge >= 0.3 is 0 Å². The molecule has 0 unspecified atom stereocenters. The van der Waals surface area contributed by atoms with Crippen LogP contribution in [0.2, 0.25) is 5.02 Å². The quantitative estimate of drug-likeness (QED) is 0.420. The number of ether oxygens (including phenoxy) is 1. The van der Waals surface area contributed by atoms with E-state index in [-0.39, 0.29) is 0 Å². The third-order valence-electron chi connectivity index (χ3n) is 4.13. The molecule has 0 fully saturated rings. The fourth-order valence-electron chi connectivity index (χ4n) is 2.68. The number of imidazole rings is 1. The molecule has 0 saturated carbocycles. The number of fused-ring (bicyclic) bond motifs is 1. The first-order valence-corrected chi connectivity index (χ1v) is 9.94. The van der Waals surface area contributed by atoms with Crippen LogP contribution < -0.4 is 4.74 Å². The number of rotatable bonds is 6. The molecule has 2 heterocycles. The van der Waals surface area contributed by atoms with Crippen LogP contribution in [0.25, 0.3) is 11.0 Å². The lowest BCUT2D eigenvalue weighted by Crippen LogP contribution is -1.99. The lowest BCUT2D eigenvalue weighted by atomic mass is 10.2. The molecular formula is C21H18ClN3OS. The fraction of sp³-hybridized carbons (Fsp3) is 0.143. The zero-order valence-electron chi connectivity index (χ0n) is 14.8. The summed E-state index contributed by atoms with van der Waals surface area (Å²) in [6.07, 6.45) is 1.86. The van der Waals surface area contributed by atoms with Gasteiger partial charge in [0.05, 0.1) is 16.7 Å². The van der Waals surface area contributed by atoms with Crippen LogP contribution in [0.3, 0.4) is 0 Å². The third kappa shape index (κ3) is 4.43. The molecular weight excluding hydrogens is 378 g/mol. The van der Waals surface area contributed by atoms with Gasteiger partial charge in [-0.1, -0.05) is 53.7 Å². The monoisotopic (exact) mass is 395 g/mol. The Balaban J connectivity index is 1.44. The van der Waals surface area contributed by atoms with E-state index in [1.54, 1.807) is 11.8 Å². The first kappa shape index (κ1) is 17.9. The van der Waals surface area contributed by atoms with E-state index in [1.807, 2.05) is 55.6 Å². The maximum atomic E-state index is 6.03. The van der Waals surface area contributed by atoms with Crippen LogP contribution in [0.15, 0.2) is 66.0 Å². The largest absolute Gasteiger partial charge is 0.489 e. The number of aryl methyl sites for hydroxylation is 1. The van der Waals surface area contributed by atoms with E-state index in [0.29, 0.717) is 17.4 Å². The predicted molar refractivity (Wildman–Crippen MR) is 110 cm³/mol. The number of aromatic nitrogens is 3. The number of nitrogens with zero attached hydrogens (tertiary/aromatic N) is 2. The highest BCUT2D eigenvalue weighted by Gasteiger charge is 2.08. The van der Waals surface area contributed by atoms with Crippen molar-refractivity contribution in [1.82, 2.24) is 15.0 Å². The fourth-order valence-corrected chi connectivity index (χ4v) is 3.64. The number of thioether (sulfide) groups is 1. The van der Waals surface area contributed by atoms with Crippen molar-refractivity contribution >= 4 is 34.4 Å². The molecule has 0 spiro atoms. The minimum absolute atomic E-state index is 0.544. The van der Waals surface area contributed by atoms with E-state index in [9.17, 15) is 0 Å². The van der Waals surface area contributed by atoms with Crippen LogP contribution in [0.1, 0.15) is 16.8 Å². The topological polar surface area (TPSA) is 50.8 Å². The van der Waals surface area contributed by atoms with Crippen molar-refractivity contribution in [2.24, 2.45) is 0 Å². The molecule has 2 aromatic heterocycles. The molecule has 2 aromatic carbocycles. The van der Waals surface area contributed by atoms with Crippen molar-refractivity contribution in [2.45, 2.75) is 24.4 Å². The van der Waals surface area contributed by atoms with Gasteiger partial charge in [0.25, 0.3) is 0 Å². The standard InChI is InChI=1S/C21H18ClN3OS/c1-14-11-23-17(10-20(14)26-12-15-5-3-2-4-6-15)13-27-21-24-18-8-7-16(22)9-19(18)25-21/h2-11H,12-13H2,1H3,(H,24,25). The Morgan fingerprint density at radius 2 is 1.96 bits per heavy atom. The summed E-state index contributed by atoms with van der Waals surface area (Å²) in [4.78, 5) is 12.4.